The number of aryl methyl sites for hydroxylation is 2. The molecule has 0 bridgehead atoms. The van der Waals surface area contributed by atoms with Gasteiger partial charge in [-0.2, -0.15) is 0 Å². The zero-order chi connectivity index (χ0) is 30.8. The van der Waals surface area contributed by atoms with Crippen molar-refractivity contribution in [2.24, 2.45) is 0 Å². The van der Waals surface area contributed by atoms with Crippen LogP contribution in [0, 0.1) is 13.8 Å². The molecular formula is C35H35N3O4S. The number of nitrogens with one attached hydrogen (secondary N) is 3. The predicted molar refractivity (Wildman–Crippen MR) is 174 cm³/mol. The number of amides is 3. The van der Waals surface area contributed by atoms with Gasteiger partial charge in [0.25, 0.3) is 11.8 Å². The Morgan fingerprint density at radius 1 is 0.814 bits per heavy atom. The molecule has 4 aromatic rings. The highest BCUT2D eigenvalue weighted by Gasteiger charge is 2.18. The maximum Gasteiger partial charge on any atom is 0.272 e. The molecule has 0 aliphatic heterocycles. The fraction of sp³-hybridized carbons (Fsp3) is 0.171. The lowest BCUT2D eigenvalue weighted by molar-refractivity contribution is -0.115. The van der Waals surface area contributed by atoms with Crippen LogP contribution in [0.1, 0.15) is 40.9 Å². The van der Waals surface area contributed by atoms with E-state index in [0.29, 0.717) is 23.6 Å². The fourth-order valence-corrected chi connectivity index (χ4v) is 5.11. The molecule has 0 heterocycles. The monoisotopic (exact) mass is 593 g/mol. The molecule has 0 saturated carbocycles. The molecule has 0 spiro atoms. The number of carbonyl (C=O) groups is 3. The van der Waals surface area contributed by atoms with Gasteiger partial charge >= 0.3 is 0 Å². The third kappa shape index (κ3) is 8.83. The van der Waals surface area contributed by atoms with E-state index in [1.807, 2.05) is 88.4 Å². The molecule has 0 saturated heterocycles. The van der Waals surface area contributed by atoms with Crippen molar-refractivity contribution in [3.63, 3.8) is 0 Å². The molecule has 1 atom stereocenters. The van der Waals surface area contributed by atoms with E-state index >= 15 is 0 Å². The van der Waals surface area contributed by atoms with E-state index in [1.165, 1.54) is 11.8 Å². The quantitative estimate of drug-likeness (QED) is 0.126. The van der Waals surface area contributed by atoms with Gasteiger partial charge < -0.3 is 20.7 Å². The highest BCUT2D eigenvalue weighted by molar-refractivity contribution is 8.00. The molecule has 0 radical (unpaired) electrons. The van der Waals surface area contributed by atoms with Crippen LogP contribution in [0.25, 0.3) is 6.08 Å². The Balaban J connectivity index is 1.44. The first-order chi connectivity index (χ1) is 20.7. The number of carbonyl (C=O) groups excluding carboxylic acids is 3. The second-order valence-corrected chi connectivity index (χ2v) is 11.3. The van der Waals surface area contributed by atoms with Crippen molar-refractivity contribution >= 4 is 46.9 Å². The molecule has 4 aromatic carbocycles. The maximum atomic E-state index is 13.4. The van der Waals surface area contributed by atoms with Gasteiger partial charge in [0.2, 0.25) is 5.91 Å². The summed E-state index contributed by atoms with van der Waals surface area (Å²) < 4.78 is 5.50. The first-order valence-corrected chi connectivity index (χ1v) is 14.9. The van der Waals surface area contributed by atoms with E-state index < -0.39 is 11.8 Å². The van der Waals surface area contributed by atoms with Gasteiger partial charge in [-0.3, -0.25) is 14.4 Å². The van der Waals surface area contributed by atoms with Gasteiger partial charge in [0.05, 0.1) is 11.9 Å². The SMILES string of the molecule is CCOc1ccc(/C=C(\NC(=O)c2ccccc2)C(=O)Nc2ccc(SC(C)C(=O)Nc3c(C)cccc3C)cc2)cc1. The zero-order valence-electron chi connectivity index (χ0n) is 24.6. The van der Waals surface area contributed by atoms with Gasteiger partial charge in [-0.25, -0.2) is 0 Å². The van der Waals surface area contributed by atoms with Crippen molar-refractivity contribution < 1.29 is 19.1 Å². The average Bonchev–Trinajstić information content (AvgIpc) is 3.01. The summed E-state index contributed by atoms with van der Waals surface area (Å²) in [6, 6.07) is 29.1. The first kappa shape index (κ1) is 31.1. The van der Waals surface area contributed by atoms with Gasteiger partial charge in [0.1, 0.15) is 11.4 Å². The minimum atomic E-state index is -0.472. The minimum Gasteiger partial charge on any atom is -0.494 e. The molecule has 0 fully saturated rings. The minimum absolute atomic E-state index is 0.0852. The van der Waals surface area contributed by atoms with Crippen LogP contribution in [-0.2, 0) is 9.59 Å². The van der Waals surface area contributed by atoms with Crippen molar-refractivity contribution in [1.82, 2.24) is 5.32 Å². The van der Waals surface area contributed by atoms with Gasteiger partial charge in [-0.15, -0.1) is 11.8 Å². The summed E-state index contributed by atoms with van der Waals surface area (Å²) in [7, 11) is 0. The van der Waals surface area contributed by atoms with Crippen LogP contribution < -0.4 is 20.7 Å². The second-order valence-electron chi connectivity index (χ2n) is 9.87. The Bertz CT molecular complexity index is 1580. The van der Waals surface area contributed by atoms with Crippen LogP contribution in [0.15, 0.2) is 108 Å². The molecule has 0 aliphatic rings. The summed E-state index contributed by atoms with van der Waals surface area (Å²) in [5.41, 5.74) is 4.67. The lowest BCUT2D eigenvalue weighted by atomic mass is 10.1. The molecule has 3 amide bonds. The lowest BCUT2D eigenvalue weighted by Crippen LogP contribution is -2.30. The zero-order valence-corrected chi connectivity index (χ0v) is 25.5. The molecule has 0 aliphatic carbocycles. The molecule has 1 unspecified atom stereocenters. The summed E-state index contributed by atoms with van der Waals surface area (Å²) in [4.78, 5) is 40.0. The second kappa shape index (κ2) is 14.9. The number of para-hydroxylation sites is 1. The van der Waals surface area contributed by atoms with Gasteiger partial charge in [-0.1, -0.05) is 48.5 Å². The Morgan fingerprint density at radius 3 is 2.09 bits per heavy atom. The van der Waals surface area contributed by atoms with E-state index in [1.54, 1.807) is 42.5 Å². The standard InChI is InChI=1S/C35H35N3O4S/c1-5-42-29-18-14-26(15-19-29)22-31(37-34(40)27-12-7-6-8-13-27)35(41)36-28-16-20-30(21-17-28)43-25(4)33(39)38-32-23(2)10-9-11-24(32)3/h6-22,25H,5H2,1-4H3,(H,36,41)(H,37,40)(H,38,39)/b31-22-. The number of anilines is 2. The molecule has 7 nitrogen and oxygen atoms in total. The predicted octanol–water partition coefficient (Wildman–Crippen LogP) is 7.23. The van der Waals surface area contributed by atoms with E-state index in [9.17, 15) is 14.4 Å². The summed E-state index contributed by atoms with van der Waals surface area (Å²) in [5.74, 6) is -0.236. The van der Waals surface area contributed by atoms with E-state index in [-0.39, 0.29) is 16.9 Å². The number of benzene rings is 4. The van der Waals surface area contributed by atoms with Crippen molar-refractivity contribution in [1.29, 1.82) is 0 Å². The van der Waals surface area contributed by atoms with Crippen LogP contribution in [-0.4, -0.2) is 29.6 Å². The largest absolute Gasteiger partial charge is 0.494 e. The molecule has 0 aromatic heterocycles. The Labute approximate surface area is 256 Å². The van der Waals surface area contributed by atoms with Crippen LogP contribution in [0.2, 0.25) is 0 Å². The summed E-state index contributed by atoms with van der Waals surface area (Å²) >= 11 is 1.43. The summed E-state index contributed by atoms with van der Waals surface area (Å²) in [6.07, 6.45) is 1.62. The topological polar surface area (TPSA) is 96.5 Å². The van der Waals surface area contributed by atoms with E-state index in [2.05, 4.69) is 16.0 Å². The lowest BCUT2D eigenvalue weighted by Gasteiger charge is -2.16. The number of rotatable bonds is 11. The van der Waals surface area contributed by atoms with Gasteiger partial charge in [0, 0.05) is 21.8 Å². The van der Waals surface area contributed by atoms with E-state index in [4.69, 9.17) is 4.74 Å². The molecule has 3 N–H and O–H groups in total. The van der Waals surface area contributed by atoms with Crippen LogP contribution >= 0.6 is 11.8 Å². The Hall–Kier alpha value is -4.82. The average molecular weight is 594 g/mol. The molecule has 43 heavy (non-hydrogen) atoms. The highest BCUT2D eigenvalue weighted by Crippen LogP contribution is 2.27. The van der Waals surface area contributed by atoms with Crippen LogP contribution in [0.5, 0.6) is 5.75 Å². The normalized spacial score (nSPS) is 11.8. The van der Waals surface area contributed by atoms with Crippen molar-refractivity contribution in [2.75, 3.05) is 17.2 Å². The summed E-state index contributed by atoms with van der Waals surface area (Å²) in [6.45, 7) is 8.26. The van der Waals surface area contributed by atoms with Crippen LogP contribution in [0.3, 0.4) is 0 Å². The summed E-state index contributed by atoms with van der Waals surface area (Å²) in [5, 5.41) is 8.32. The Kier molecular flexibility index (Phi) is 10.8. The fourth-order valence-electron chi connectivity index (χ4n) is 4.25. The third-order valence-electron chi connectivity index (χ3n) is 6.55. The van der Waals surface area contributed by atoms with Gasteiger partial charge in [-0.05, 0) is 99.0 Å². The van der Waals surface area contributed by atoms with E-state index in [0.717, 1.165) is 27.3 Å². The molecule has 220 valence electrons. The van der Waals surface area contributed by atoms with Gasteiger partial charge in [0.15, 0.2) is 0 Å². The number of hydrogen-bond donors (Lipinski definition) is 3. The molecular weight excluding hydrogens is 558 g/mol. The smallest absolute Gasteiger partial charge is 0.272 e. The van der Waals surface area contributed by atoms with Crippen molar-refractivity contribution in [3.05, 3.63) is 125 Å². The third-order valence-corrected chi connectivity index (χ3v) is 7.67. The van der Waals surface area contributed by atoms with Crippen molar-refractivity contribution in [3.8, 4) is 5.75 Å². The highest BCUT2D eigenvalue weighted by atomic mass is 32.2. The molecule has 8 heteroatoms. The number of hydrogen-bond acceptors (Lipinski definition) is 5. The molecule has 4 rings (SSSR count). The van der Waals surface area contributed by atoms with Crippen molar-refractivity contribution in [2.45, 2.75) is 37.8 Å². The first-order valence-electron chi connectivity index (χ1n) is 14.0. The maximum absolute atomic E-state index is 13.4. The Morgan fingerprint density at radius 2 is 1.47 bits per heavy atom. The van der Waals surface area contributed by atoms with Crippen LogP contribution in [0.4, 0.5) is 11.4 Å². The number of thioether (sulfide) groups is 1. The number of ether oxygens (including phenoxy) is 1.